The van der Waals surface area contributed by atoms with Gasteiger partial charge in [-0.05, 0) is 37.7 Å². The van der Waals surface area contributed by atoms with Crippen molar-refractivity contribution in [3.8, 4) is 0 Å². The first-order valence-corrected chi connectivity index (χ1v) is 8.17. The lowest BCUT2D eigenvalue weighted by molar-refractivity contribution is 0.0238. The summed E-state index contributed by atoms with van der Waals surface area (Å²) in [5, 5.41) is 25.8. The van der Waals surface area contributed by atoms with Crippen LogP contribution in [-0.4, -0.2) is 33.4 Å². The van der Waals surface area contributed by atoms with Gasteiger partial charge in [-0.25, -0.2) is 0 Å². The van der Waals surface area contributed by atoms with Crippen LogP contribution < -0.4 is 5.32 Å². The third kappa shape index (κ3) is 3.49. The summed E-state index contributed by atoms with van der Waals surface area (Å²) in [4.78, 5) is 12.6. The fourth-order valence-electron chi connectivity index (χ4n) is 3.15. The Morgan fingerprint density at radius 3 is 2.71 bits per heavy atom. The van der Waals surface area contributed by atoms with Crippen LogP contribution in [0.2, 0.25) is 0 Å². The number of hydrogen-bond donors (Lipinski definition) is 3. The quantitative estimate of drug-likeness (QED) is 0.747. The van der Waals surface area contributed by atoms with E-state index in [0.29, 0.717) is 30.6 Å². The van der Waals surface area contributed by atoms with Gasteiger partial charge in [-0.15, -0.1) is 0 Å². The number of nitrogens with zero attached hydrogens (tertiary/aromatic N) is 1. The van der Waals surface area contributed by atoms with Crippen LogP contribution in [0.4, 0.5) is 0 Å². The highest BCUT2D eigenvalue weighted by Gasteiger charge is 2.35. The zero-order valence-electron chi connectivity index (χ0n) is 13.6. The molecule has 0 radical (unpaired) electrons. The van der Waals surface area contributed by atoms with Gasteiger partial charge in [-0.1, -0.05) is 35.5 Å². The van der Waals surface area contributed by atoms with Gasteiger partial charge in [0.2, 0.25) is 0 Å². The molecule has 1 fully saturated rings. The summed E-state index contributed by atoms with van der Waals surface area (Å²) in [5.74, 6) is 0.328. The predicted molar refractivity (Wildman–Crippen MR) is 87.3 cm³/mol. The number of amides is 1. The zero-order valence-corrected chi connectivity index (χ0v) is 13.6. The van der Waals surface area contributed by atoms with Gasteiger partial charge < -0.3 is 20.1 Å². The minimum Gasteiger partial charge on any atom is -0.393 e. The van der Waals surface area contributed by atoms with E-state index < -0.39 is 0 Å². The van der Waals surface area contributed by atoms with Gasteiger partial charge >= 0.3 is 0 Å². The maximum atomic E-state index is 12.6. The summed E-state index contributed by atoms with van der Waals surface area (Å²) < 4.78 is 5.01. The van der Waals surface area contributed by atoms with Gasteiger partial charge in [0.25, 0.3) is 5.91 Å². The Bertz CT molecular complexity index is 692. The minimum atomic E-state index is -0.349. The van der Waals surface area contributed by atoms with Crippen molar-refractivity contribution < 1.29 is 19.5 Å². The molecule has 0 bridgehead atoms. The van der Waals surface area contributed by atoms with Crippen LogP contribution in [0.1, 0.15) is 40.2 Å². The average Bonchev–Trinajstić information content (AvgIpc) is 2.93. The topological polar surface area (TPSA) is 95.6 Å². The molecule has 1 atom stereocenters. The summed E-state index contributed by atoms with van der Waals surface area (Å²) in [6.45, 7) is 1.38. The Kier molecular flexibility index (Phi) is 4.97. The van der Waals surface area contributed by atoms with Crippen LogP contribution in [0, 0.1) is 12.8 Å². The third-order valence-electron chi connectivity index (χ3n) is 4.69. The van der Waals surface area contributed by atoms with Crippen molar-refractivity contribution in [2.24, 2.45) is 5.92 Å². The zero-order chi connectivity index (χ0) is 17.1. The van der Waals surface area contributed by atoms with Gasteiger partial charge in [-0.2, -0.15) is 0 Å². The number of aryl methyl sites for hydroxylation is 1. The van der Waals surface area contributed by atoms with Gasteiger partial charge in [0, 0.05) is 6.04 Å². The molecule has 3 rings (SSSR count). The molecule has 1 amide bonds. The standard InChI is InChI=1S/C18H22N2O4/c1-11-15(10-21)17(20-24-11)18(23)19-16(13-8-14(22)9-13)7-12-5-3-2-4-6-12/h2-6,13-14,16,21-22H,7-10H2,1H3,(H,19,23)/t13?,14?,16-/m0/s1. The molecule has 1 heterocycles. The highest BCUT2D eigenvalue weighted by molar-refractivity contribution is 5.94. The highest BCUT2D eigenvalue weighted by Crippen LogP contribution is 2.32. The SMILES string of the molecule is Cc1onc(C(=O)N[C@@H](Cc2ccccc2)C2CC(O)C2)c1CO. The largest absolute Gasteiger partial charge is 0.393 e. The normalized spacial score (nSPS) is 21.1. The summed E-state index contributed by atoms with van der Waals surface area (Å²) in [6.07, 6.45) is 1.77. The third-order valence-corrected chi connectivity index (χ3v) is 4.69. The summed E-state index contributed by atoms with van der Waals surface area (Å²) in [7, 11) is 0. The smallest absolute Gasteiger partial charge is 0.274 e. The van der Waals surface area contributed by atoms with Crippen LogP contribution in [0.3, 0.4) is 0 Å². The lowest BCUT2D eigenvalue weighted by Crippen LogP contribution is -2.48. The van der Waals surface area contributed by atoms with Crippen molar-refractivity contribution in [3.05, 3.63) is 52.9 Å². The number of carbonyl (C=O) groups is 1. The molecular weight excluding hydrogens is 308 g/mol. The molecule has 1 saturated carbocycles. The Hall–Kier alpha value is -2.18. The fraction of sp³-hybridized carbons (Fsp3) is 0.444. The number of aromatic nitrogens is 1. The second-order valence-electron chi connectivity index (χ2n) is 6.38. The number of benzene rings is 1. The van der Waals surface area contributed by atoms with E-state index in [1.807, 2.05) is 30.3 Å². The van der Waals surface area contributed by atoms with E-state index in [1.54, 1.807) is 6.92 Å². The molecule has 0 aliphatic heterocycles. The van der Waals surface area contributed by atoms with Crippen LogP contribution in [0.5, 0.6) is 0 Å². The molecule has 128 valence electrons. The number of hydrogen-bond acceptors (Lipinski definition) is 5. The molecule has 0 saturated heterocycles. The molecular formula is C18H22N2O4. The first kappa shape index (κ1) is 16.7. The van der Waals surface area contributed by atoms with Crippen LogP contribution in [-0.2, 0) is 13.0 Å². The molecule has 2 aromatic rings. The minimum absolute atomic E-state index is 0.0909. The van der Waals surface area contributed by atoms with Crippen LogP contribution >= 0.6 is 0 Å². The summed E-state index contributed by atoms with van der Waals surface area (Å²) in [5.41, 5.74) is 1.68. The molecule has 0 spiro atoms. The van der Waals surface area contributed by atoms with Gasteiger partial charge in [0.15, 0.2) is 5.69 Å². The highest BCUT2D eigenvalue weighted by atomic mass is 16.5. The van der Waals surface area contributed by atoms with E-state index in [9.17, 15) is 15.0 Å². The van der Waals surface area contributed by atoms with E-state index >= 15 is 0 Å². The average molecular weight is 330 g/mol. The van der Waals surface area contributed by atoms with E-state index in [4.69, 9.17) is 4.52 Å². The summed E-state index contributed by atoms with van der Waals surface area (Å²) in [6, 6.07) is 9.84. The second kappa shape index (κ2) is 7.15. The molecule has 1 aliphatic rings. The Balaban J connectivity index is 1.74. The Labute approximate surface area is 140 Å². The van der Waals surface area contributed by atoms with Crippen molar-refractivity contribution in [3.63, 3.8) is 0 Å². The molecule has 24 heavy (non-hydrogen) atoms. The molecule has 1 aromatic carbocycles. The monoisotopic (exact) mass is 330 g/mol. The van der Waals surface area contributed by atoms with Crippen LogP contribution in [0.25, 0.3) is 0 Å². The molecule has 6 heteroatoms. The van der Waals surface area contributed by atoms with Crippen molar-refractivity contribution in [2.45, 2.75) is 44.9 Å². The molecule has 6 nitrogen and oxygen atoms in total. The van der Waals surface area contributed by atoms with E-state index in [-0.39, 0.29) is 36.3 Å². The maximum Gasteiger partial charge on any atom is 0.274 e. The van der Waals surface area contributed by atoms with Gasteiger partial charge in [0.1, 0.15) is 5.76 Å². The summed E-state index contributed by atoms with van der Waals surface area (Å²) >= 11 is 0. The molecule has 1 aromatic heterocycles. The number of aliphatic hydroxyl groups is 2. The molecule has 1 aliphatic carbocycles. The van der Waals surface area contributed by atoms with Gasteiger partial charge in [0.05, 0.1) is 18.3 Å². The van der Waals surface area contributed by atoms with Gasteiger partial charge in [-0.3, -0.25) is 4.79 Å². The van der Waals surface area contributed by atoms with Crippen LogP contribution in [0.15, 0.2) is 34.9 Å². The lowest BCUT2D eigenvalue weighted by atomic mass is 9.75. The predicted octanol–water partition coefficient (Wildman–Crippen LogP) is 1.59. The van der Waals surface area contributed by atoms with E-state index in [1.165, 1.54) is 0 Å². The molecule has 0 unspecified atom stereocenters. The Morgan fingerprint density at radius 2 is 2.08 bits per heavy atom. The van der Waals surface area contributed by atoms with Crippen molar-refractivity contribution in [2.75, 3.05) is 0 Å². The first-order valence-electron chi connectivity index (χ1n) is 8.17. The number of aliphatic hydroxyl groups excluding tert-OH is 2. The van der Waals surface area contributed by atoms with E-state index in [0.717, 1.165) is 5.56 Å². The first-order chi connectivity index (χ1) is 11.6. The van der Waals surface area contributed by atoms with Crippen molar-refractivity contribution >= 4 is 5.91 Å². The van der Waals surface area contributed by atoms with Crippen molar-refractivity contribution in [1.29, 1.82) is 0 Å². The molecule has 3 N–H and O–H groups in total. The Morgan fingerprint density at radius 1 is 1.38 bits per heavy atom. The number of rotatable bonds is 6. The van der Waals surface area contributed by atoms with Crippen molar-refractivity contribution in [1.82, 2.24) is 10.5 Å². The lowest BCUT2D eigenvalue weighted by Gasteiger charge is -2.38. The second-order valence-corrected chi connectivity index (χ2v) is 6.38. The van der Waals surface area contributed by atoms with E-state index in [2.05, 4.69) is 10.5 Å². The fourth-order valence-corrected chi connectivity index (χ4v) is 3.15. The maximum absolute atomic E-state index is 12.6. The number of carbonyl (C=O) groups excluding carboxylic acids is 1. The number of nitrogens with one attached hydrogen (secondary N) is 1.